The average Bonchev–Trinajstić information content (AvgIpc) is 2.98. The number of hydrogen-bond donors (Lipinski definition) is 2. The molecule has 1 aromatic heterocycles. The van der Waals surface area contributed by atoms with Gasteiger partial charge in [-0.1, -0.05) is 44.2 Å². The molecule has 1 heterocycles. The molecule has 0 unspecified atom stereocenters. The number of benzene rings is 2. The lowest BCUT2D eigenvalue weighted by atomic mass is 9.94. The van der Waals surface area contributed by atoms with E-state index in [4.69, 9.17) is 0 Å². The second-order valence-corrected chi connectivity index (χ2v) is 7.45. The van der Waals surface area contributed by atoms with Crippen LogP contribution < -0.4 is 10.9 Å². The fourth-order valence-corrected chi connectivity index (χ4v) is 3.73. The van der Waals surface area contributed by atoms with Gasteiger partial charge in [-0.05, 0) is 41.7 Å². The van der Waals surface area contributed by atoms with Crippen molar-refractivity contribution in [2.45, 2.75) is 39.8 Å². The summed E-state index contributed by atoms with van der Waals surface area (Å²) in [4.78, 5) is 37.6. The second kappa shape index (κ2) is 8.41. The van der Waals surface area contributed by atoms with Crippen molar-refractivity contribution in [3.05, 3.63) is 81.7 Å². The number of carbonyl (C=O) groups is 2. The average molecular weight is 407 g/mol. The van der Waals surface area contributed by atoms with Crippen LogP contribution in [0.3, 0.4) is 0 Å². The zero-order valence-electron chi connectivity index (χ0n) is 17.3. The zero-order valence-corrected chi connectivity index (χ0v) is 17.3. The highest BCUT2D eigenvalue weighted by molar-refractivity contribution is 6.02. The lowest BCUT2D eigenvalue weighted by Crippen LogP contribution is -2.38. The van der Waals surface area contributed by atoms with Gasteiger partial charge in [0.05, 0.1) is 23.0 Å². The van der Waals surface area contributed by atoms with Crippen LogP contribution in [0.1, 0.15) is 46.8 Å². The van der Waals surface area contributed by atoms with E-state index in [1.807, 2.05) is 25.1 Å². The van der Waals surface area contributed by atoms with Gasteiger partial charge in [0.25, 0.3) is 5.56 Å². The number of nitrogens with one attached hydrogen (secondary N) is 1. The van der Waals surface area contributed by atoms with Crippen molar-refractivity contribution >= 4 is 22.9 Å². The summed E-state index contributed by atoms with van der Waals surface area (Å²) in [6.45, 7) is 10.2. The number of nitrogens with zero attached hydrogens (tertiary/aromatic N) is 2. The van der Waals surface area contributed by atoms with Gasteiger partial charge in [0.1, 0.15) is 0 Å². The Hall–Kier alpha value is -3.61. The number of fused-ring (bicyclic) bond motifs is 1. The molecular formula is C23H25N3O4. The maximum atomic E-state index is 13.0. The molecule has 0 aliphatic rings. The highest BCUT2D eigenvalue weighted by Crippen LogP contribution is 2.22. The summed E-state index contributed by atoms with van der Waals surface area (Å²) in [5.41, 5.74) is 2.77. The Kier molecular flexibility index (Phi) is 5.91. The number of carboxylic acids is 1. The second-order valence-electron chi connectivity index (χ2n) is 7.45. The lowest BCUT2D eigenvalue weighted by Gasteiger charge is -2.17. The van der Waals surface area contributed by atoms with E-state index in [1.54, 1.807) is 0 Å². The van der Waals surface area contributed by atoms with Crippen LogP contribution >= 0.6 is 0 Å². The van der Waals surface area contributed by atoms with Crippen LogP contribution in [0.4, 0.5) is 4.79 Å². The van der Waals surface area contributed by atoms with E-state index >= 15 is 0 Å². The Morgan fingerprint density at radius 2 is 1.90 bits per heavy atom. The van der Waals surface area contributed by atoms with Crippen molar-refractivity contribution < 1.29 is 14.7 Å². The smallest absolute Gasteiger partial charge is 0.344 e. The minimum Gasteiger partial charge on any atom is -0.478 e. The number of para-hydroxylation sites is 1. The van der Waals surface area contributed by atoms with Gasteiger partial charge in [-0.3, -0.25) is 9.48 Å². The van der Waals surface area contributed by atoms with E-state index in [9.17, 15) is 19.5 Å². The van der Waals surface area contributed by atoms with Crippen LogP contribution in [0.25, 0.3) is 10.9 Å². The normalized spacial score (nSPS) is 11.1. The molecule has 0 aliphatic heterocycles. The van der Waals surface area contributed by atoms with E-state index < -0.39 is 17.6 Å². The monoisotopic (exact) mass is 407 g/mol. The molecule has 0 radical (unpaired) electrons. The fourth-order valence-electron chi connectivity index (χ4n) is 3.73. The number of aromatic carboxylic acids is 1. The summed E-state index contributed by atoms with van der Waals surface area (Å²) in [6.07, 6.45) is 1.51. The number of carboxylic acid groups (broad SMARTS) is 1. The van der Waals surface area contributed by atoms with Gasteiger partial charge >= 0.3 is 12.0 Å². The molecule has 0 spiro atoms. The van der Waals surface area contributed by atoms with Gasteiger partial charge in [-0.2, -0.15) is 4.68 Å². The van der Waals surface area contributed by atoms with Gasteiger partial charge in [0.2, 0.25) is 0 Å². The van der Waals surface area contributed by atoms with E-state index in [2.05, 4.69) is 25.7 Å². The molecule has 0 bridgehead atoms. The van der Waals surface area contributed by atoms with Crippen molar-refractivity contribution in [1.82, 2.24) is 14.7 Å². The minimum absolute atomic E-state index is 0.0426. The van der Waals surface area contributed by atoms with E-state index in [0.717, 1.165) is 21.4 Å². The highest BCUT2D eigenvalue weighted by Gasteiger charge is 2.22. The molecular weight excluding hydrogens is 382 g/mol. The van der Waals surface area contributed by atoms with Gasteiger partial charge in [0, 0.05) is 6.54 Å². The Morgan fingerprint density at radius 3 is 2.53 bits per heavy atom. The lowest BCUT2D eigenvalue weighted by molar-refractivity contribution is 0.0698. The molecule has 0 saturated heterocycles. The number of hydrogen-bond acceptors (Lipinski definition) is 3. The molecule has 0 fully saturated rings. The van der Waals surface area contributed by atoms with Crippen LogP contribution in [0, 0.1) is 6.92 Å². The Bertz CT molecular complexity index is 1200. The van der Waals surface area contributed by atoms with Crippen LogP contribution in [0.15, 0.2) is 53.8 Å². The number of carbonyl (C=O) groups excluding carboxylic acids is 1. The summed E-state index contributed by atoms with van der Waals surface area (Å²) in [6, 6.07) is 9.80. The molecule has 7 heteroatoms. The number of amides is 1. The predicted octanol–water partition coefficient (Wildman–Crippen LogP) is 3.88. The molecule has 3 aromatic rings. The number of allylic oxidation sites excluding steroid dienone is 1. The Balaban J connectivity index is 2.07. The number of aryl methyl sites for hydroxylation is 1. The standard InChI is InChI=1S/C23H25N3O4/c1-5-12-25-20-17(10-7-11-18(20)22(28)29)21(27)26(25)23(30)24-13-19-15(4)8-6-9-16(19)14(2)3/h5-11,14H,1,12-13H2,2-4H3,(H,24,30)(H,28,29). The Labute approximate surface area is 174 Å². The first-order valence-electron chi connectivity index (χ1n) is 9.73. The van der Waals surface area contributed by atoms with Crippen molar-refractivity contribution in [3.8, 4) is 0 Å². The first-order valence-corrected chi connectivity index (χ1v) is 9.73. The molecule has 2 N–H and O–H groups in total. The molecule has 2 aromatic carbocycles. The maximum Gasteiger partial charge on any atom is 0.344 e. The van der Waals surface area contributed by atoms with Crippen LogP contribution in [0.2, 0.25) is 0 Å². The summed E-state index contributed by atoms with van der Waals surface area (Å²) in [7, 11) is 0. The van der Waals surface area contributed by atoms with Crippen molar-refractivity contribution in [3.63, 3.8) is 0 Å². The molecule has 0 atom stereocenters. The molecule has 0 aliphatic carbocycles. The zero-order chi connectivity index (χ0) is 22.0. The summed E-state index contributed by atoms with van der Waals surface area (Å²) < 4.78 is 2.30. The van der Waals surface area contributed by atoms with Gasteiger partial charge in [-0.15, -0.1) is 6.58 Å². The van der Waals surface area contributed by atoms with Gasteiger partial charge in [-0.25, -0.2) is 9.59 Å². The number of rotatable bonds is 6. The summed E-state index contributed by atoms with van der Waals surface area (Å²) in [5.74, 6) is -0.887. The third kappa shape index (κ3) is 3.66. The number of aromatic nitrogens is 2. The van der Waals surface area contributed by atoms with Crippen molar-refractivity contribution in [1.29, 1.82) is 0 Å². The van der Waals surface area contributed by atoms with Gasteiger partial charge in [0.15, 0.2) is 0 Å². The molecule has 3 rings (SSSR count). The quantitative estimate of drug-likeness (QED) is 0.607. The van der Waals surface area contributed by atoms with Crippen LogP contribution in [-0.4, -0.2) is 26.5 Å². The molecule has 1 amide bonds. The van der Waals surface area contributed by atoms with E-state index in [1.165, 1.54) is 29.0 Å². The molecule has 30 heavy (non-hydrogen) atoms. The Morgan fingerprint density at radius 1 is 1.20 bits per heavy atom. The first kappa shape index (κ1) is 21.1. The largest absolute Gasteiger partial charge is 0.478 e. The van der Waals surface area contributed by atoms with Crippen molar-refractivity contribution in [2.75, 3.05) is 0 Å². The molecule has 0 saturated carbocycles. The highest BCUT2D eigenvalue weighted by atomic mass is 16.4. The minimum atomic E-state index is -1.17. The summed E-state index contributed by atoms with van der Waals surface area (Å²) >= 11 is 0. The van der Waals surface area contributed by atoms with Crippen molar-refractivity contribution in [2.24, 2.45) is 0 Å². The maximum absolute atomic E-state index is 13.0. The molecule has 156 valence electrons. The first-order chi connectivity index (χ1) is 14.3. The van der Waals surface area contributed by atoms with Crippen LogP contribution in [0.5, 0.6) is 0 Å². The van der Waals surface area contributed by atoms with E-state index in [-0.39, 0.29) is 35.5 Å². The third-order valence-corrected chi connectivity index (χ3v) is 5.17. The summed E-state index contributed by atoms with van der Waals surface area (Å²) in [5, 5.41) is 12.5. The SMILES string of the molecule is C=CCn1c2c(C(=O)O)cccc2c(=O)n1C(=O)NCc1c(C)cccc1C(C)C. The van der Waals surface area contributed by atoms with Crippen LogP contribution in [-0.2, 0) is 13.1 Å². The molecule has 7 nitrogen and oxygen atoms in total. The van der Waals surface area contributed by atoms with Gasteiger partial charge < -0.3 is 10.4 Å². The predicted molar refractivity (Wildman–Crippen MR) is 116 cm³/mol. The topological polar surface area (TPSA) is 93.3 Å². The fraction of sp³-hybridized carbons (Fsp3) is 0.261. The third-order valence-electron chi connectivity index (χ3n) is 5.17. The van der Waals surface area contributed by atoms with E-state index in [0.29, 0.717) is 0 Å².